The Labute approximate surface area is 90.8 Å². The Morgan fingerprint density at radius 1 is 1.33 bits per heavy atom. The zero-order valence-corrected chi connectivity index (χ0v) is 9.19. The van der Waals surface area contributed by atoms with Crippen LogP contribution < -0.4 is 5.32 Å². The number of hydrogen-bond acceptors (Lipinski definition) is 4. The number of nitrogens with zero attached hydrogens (tertiary/aromatic N) is 2. The first-order chi connectivity index (χ1) is 7.34. The molecule has 4 nitrogen and oxygen atoms in total. The molecular weight excluding hydrogens is 190 g/mol. The van der Waals surface area contributed by atoms with Gasteiger partial charge in [-0.1, -0.05) is 0 Å². The Balaban J connectivity index is 2.16. The van der Waals surface area contributed by atoms with Crippen molar-refractivity contribution in [2.24, 2.45) is 0 Å². The molecule has 0 saturated carbocycles. The van der Waals surface area contributed by atoms with Crippen LogP contribution in [-0.4, -0.2) is 28.2 Å². The molecule has 0 saturated heterocycles. The number of aliphatic hydroxyl groups is 1. The predicted molar refractivity (Wildman–Crippen MR) is 59.4 cm³/mol. The van der Waals surface area contributed by atoms with E-state index in [-0.39, 0.29) is 6.04 Å². The highest BCUT2D eigenvalue weighted by atomic mass is 16.2. The Hall–Kier alpha value is -1.00. The largest absolute Gasteiger partial charge is 0.396 e. The van der Waals surface area contributed by atoms with E-state index in [4.69, 9.17) is 5.11 Å². The molecule has 1 atom stereocenters. The molecule has 0 spiro atoms. The summed E-state index contributed by atoms with van der Waals surface area (Å²) < 4.78 is 0. The maximum absolute atomic E-state index is 8.61. The van der Waals surface area contributed by atoms with E-state index in [1.54, 1.807) is 18.6 Å². The molecule has 0 aliphatic rings. The Morgan fingerprint density at radius 3 is 2.87 bits per heavy atom. The van der Waals surface area contributed by atoms with Crippen LogP contribution in [0.3, 0.4) is 0 Å². The van der Waals surface area contributed by atoms with Crippen LogP contribution in [0.2, 0.25) is 0 Å². The van der Waals surface area contributed by atoms with E-state index in [1.165, 1.54) is 0 Å². The first-order valence-corrected chi connectivity index (χ1v) is 5.44. The predicted octanol–water partition coefficient (Wildman–Crippen LogP) is 1.29. The Kier molecular flexibility index (Phi) is 5.88. The molecule has 1 unspecified atom stereocenters. The van der Waals surface area contributed by atoms with Crippen LogP contribution >= 0.6 is 0 Å². The van der Waals surface area contributed by atoms with E-state index in [2.05, 4.69) is 22.2 Å². The normalized spacial score (nSPS) is 12.7. The molecule has 0 amide bonds. The van der Waals surface area contributed by atoms with Gasteiger partial charge < -0.3 is 10.4 Å². The minimum atomic E-state index is 0.243. The molecule has 0 aliphatic carbocycles. The third-order valence-corrected chi connectivity index (χ3v) is 2.31. The third-order valence-electron chi connectivity index (χ3n) is 2.31. The summed E-state index contributed by atoms with van der Waals surface area (Å²) in [6.07, 6.45) is 8.21. The molecule has 0 fully saturated rings. The van der Waals surface area contributed by atoms with Crippen molar-refractivity contribution in [3.8, 4) is 0 Å². The van der Waals surface area contributed by atoms with Gasteiger partial charge in [-0.05, 0) is 32.7 Å². The first-order valence-electron chi connectivity index (χ1n) is 5.44. The van der Waals surface area contributed by atoms with Crippen LogP contribution in [0.15, 0.2) is 18.6 Å². The van der Waals surface area contributed by atoms with Gasteiger partial charge in [0.2, 0.25) is 0 Å². The highest BCUT2D eigenvalue weighted by molar-refractivity contribution is 5.00. The van der Waals surface area contributed by atoms with Gasteiger partial charge in [0.05, 0.1) is 5.69 Å². The van der Waals surface area contributed by atoms with E-state index < -0.39 is 0 Å². The van der Waals surface area contributed by atoms with Crippen molar-refractivity contribution in [2.75, 3.05) is 13.2 Å². The van der Waals surface area contributed by atoms with Gasteiger partial charge in [-0.2, -0.15) is 0 Å². The highest BCUT2D eigenvalue weighted by Gasteiger charge is 2.04. The summed E-state index contributed by atoms with van der Waals surface area (Å²) in [7, 11) is 0. The molecule has 1 aromatic heterocycles. The number of aromatic nitrogens is 2. The molecular formula is C11H19N3O. The summed E-state index contributed by atoms with van der Waals surface area (Å²) in [5.41, 5.74) is 0.972. The van der Waals surface area contributed by atoms with Gasteiger partial charge in [0, 0.05) is 31.2 Å². The molecule has 15 heavy (non-hydrogen) atoms. The van der Waals surface area contributed by atoms with Crippen LogP contribution in [0.5, 0.6) is 0 Å². The summed E-state index contributed by atoms with van der Waals surface area (Å²) in [5, 5.41) is 12.0. The minimum Gasteiger partial charge on any atom is -0.396 e. The molecule has 0 bridgehead atoms. The van der Waals surface area contributed by atoms with Gasteiger partial charge in [-0.25, -0.2) is 0 Å². The lowest BCUT2D eigenvalue weighted by molar-refractivity contribution is 0.282. The minimum absolute atomic E-state index is 0.243. The fraction of sp³-hybridized carbons (Fsp3) is 0.636. The van der Waals surface area contributed by atoms with Crippen LogP contribution in [0.4, 0.5) is 0 Å². The molecule has 84 valence electrons. The number of hydrogen-bond donors (Lipinski definition) is 2. The topological polar surface area (TPSA) is 58.0 Å². The first kappa shape index (κ1) is 12.1. The molecule has 2 N–H and O–H groups in total. The average Bonchev–Trinajstić information content (AvgIpc) is 2.30. The lowest BCUT2D eigenvalue weighted by Crippen LogP contribution is -2.20. The second-order valence-corrected chi connectivity index (χ2v) is 3.59. The van der Waals surface area contributed by atoms with Crippen LogP contribution in [0.1, 0.15) is 37.9 Å². The summed E-state index contributed by atoms with van der Waals surface area (Å²) in [6, 6.07) is 0.243. The van der Waals surface area contributed by atoms with E-state index in [0.717, 1.165) is 31.5 Å². The van der Waals surface area contributed by atoms with Crippen molar-refractivity contribution in [3.05, 3.63) is 24.3 Å². The van der Waals surface area contributed by atoms with Crippen LogP contribution in [-0.2, 0) is 0 Å². The lowest BCUT2D eigenvalue weighted by Gasteiger charge is -2.12. The second kappa shape index (κ2) is 7.31. The van der Waals surface area contributed by atoms with E-state index in [0.29, 0.717) is 6.61 Å². The molecule has 1 rings (SSSR count). The molecule has 1 aromatic rings. The van der Waals surface area contributed by atoms with Gasteiger partial charge in [-0.15, -0.1) is 0 Å². The van der Waals surface area contributed by atoms with Crippen LogP contribution in [0.25, 0.3) is 0 Å². The van der Waals surface area contributed by atoms with Gasteiger partial charge >= 0.3 is 0 Å². The van der Waals surface area contributed by atoms with Gasteiger partial charge in [0.1, 0.15) is 0 Å². The van der Waals surface area contributed by atoms with Crippen molar-refractivity contribution in [2.45, 2.75) is 32.2 Å². The average molecular weight is 209 g/mol. The Bertz CT molecular complexity index is 253. The smallest absolute Gasteiger partial charge is 0.0753 e. The van der Waals surface area contributed by atoms with E-state index in [9.17, 15) is 0 Å². The number of nitrogens with one attached hydrogen (secondary N) is 1. The summed E-state index contributed by atoms with van der Waals surface area (Å²) in [4.78, 5) is 8.26. The lowest BCUT2D eigenvalue weighted by atomic mass is 10.2. The number of unbranched alkanes of at least 4 members (excludes halogenated alkanes) is 2. The van der Waals surface area contributed by atoms with Crippen molar-refractivity contribution >= 4 is 0 Å². The molecule has 0 aromatic carbocycles. The molecule has 0 aliphatic heterocycles. The highest BCUT2D eigenvalue weighted by Crippen LogP contribution is 2.06. The quantitative estimate of drug-likeness (QED) is 0.664. The number of rotatable bonds is 7. The van der Waals surface area contributed by atoms with Gasteiger partial charge in [0.25, 0.3) is 0 Å². The van der Waals surface area contributed by atoms with E-state index >= 15 is 0 Å². The van der Waals surface area contributed by atoms with Crippen LogP contribution in [0, 0.1) is 0 Å². The summed E-state index contributed by atoms with van der Waals surface area (Å²) >= 11 is 0. The maximum atomic E-state index is 8.61. The van der Waals surface area contributed by atoms with E-state index in [1.807, 2.05) is 0 Å². The Morgan fingerprint density at radius 2 is 2.20 bits per heavy atom. The van der Waals surface area contributed by atoms with Gasteiger partial charge in [-0.3, -0.25) is 9.97 Å². The zero-order valence-electron chi connectivity index (χ0n) is 9.19. The maximum Gasteiger partial charge on any atom is 0.0753 e. The van der Waals surface area contributed by atoms with Crippen molar-refractivity contribution in [1.29, 1.82) is 0 Å². The number of aliphatic hydroxyl groups excluding tert-OH is 1. The molecule has 0 radical (unpaired) electrons. The third kappa shape index (κ3) is 4.85. The molecule has 4 heteroatoms. The monoisotopic (exact) mass is 209 g/mol. The van der Waals surface area contributed by atoms with Crippen molar-refractivity contribution in [3.63, 3.8) is 0 Å². The summed E-state index contributed by atoms with van der Waals surface area (Å²) in [6.45, 7) is 3.33. The van der Waals surface area contributed by atoms with Crippen molar-refractivity contribution in [1.82, 2.24) is 15.3 Å². The summed E-state index contributed by atoms with van der Waals surface area (Å²) in [5.74, 6) is 0. The van der Waals surface area contributed by atoms with Crippen molar-refractivity contribution < 1.29 is 5.11 Å². The standard InChI is InChI=1S/C11H19N3O/c1-10(11-9-12-6-7-14-11)13-5-3-2-4-8-15/h6-7,9-10,13,15H,2-5,8H2,1H3. The zero-order chi connectivity index (χ0) is 10.9. The SMILES string of the molecule is CC(NCCCCCO)c1cnccn1. The fourth-order valence-corrected chi connectivity index (χ4v) is 1.37. The second-order valence-electron chi connectivity index (χ2n) is 3.59. The fourth-order valence-electron chi connectivity index (χ4n) is 1.37. The van der Waals surface area contributed by atoms with Gasteiger partial charge in [0.15, 0.2) is 0 Å². The molecule has 1 heterocycles.